The minimum Gasteiger partial charge on any atom is -0.329 e. The van der Waals surface area contributed by atoms with E-state index in [1.54, 1.807) is 0 Å². The van der Waals surface area contributed by atoms with E-state index in [-0.39, 0.29) is 0 Å². The number of aliphatic hydroxyl groups is 1. The third-order valence-electron chi connectivity index (χ3n) is 0.586. The molecule has 2 nitrogen and oxygen atoms in total. The number of rotatable bonds is 3. The van der Waals surface area contributed by atoms with Gasteiger partial charge in [-0.15, -0.1) is 0 Å². The monoisotopic (exact) mass is 166 g/mol. The normalized spacial score (nSPS) is 13.8. The number of hydrogen-bond acceptors (Lipinski definition) is 2. The van der Waals surface area contributed by atoms with E-state index in [4.69, 9.17) is 5.11 Å². The van der Waals surface area contributed by atoms with Gasteiger partial charge in [0.05, 0.1) is 0 Å². The quantitative estimate of drug-likeness (QED) is 0.636. The van der Waals surface area contributed by atoms with Crippen LogP contribution >= 0.6 is 0 Å². The molecule has 0 unspecified atom stereocenters. The summed E-state index contributed by atoms with van der Waals surface area (Å²) in [5, 5.41) is 7.30. The van der Waals surface area contributed by atoms with E-state index in [0.717, 1.165) is 0 Å². The number of ether oxygens (including phenoxy) is 1. The molecule has 0 radical (unpaired) electrons. The number of hydrogen-bond donors (Lipinski definition) is 1. The molecule has 0 fully saturated rings. The molecule has 7 heteroatoms. The van der Waals surface area contributed by atoms with Crippen LogP contribution in [0.4, 0.5) is 22.0 Å². The van der Waals surface area contributed by atoms with Crippen molar-refractivity contribution >= 4 is 0 Å². The van der Waals surface area contributed by atoms with Crippen LogP contribution in [0, 0.1) is 0 Å². The van der Waals surface area contributed by atoms with Crippen molar-refractivity contribution in [3.05, 3.63) is 0 Å². The standard InChI is InChI=1S/C3H3F5O2/c4-1-10-3(7,8)2(5,6)9/h9H,1H2. The summed E-state index contributed by atoms with van der Waals surface area (Å²) < 4.78 is 58.8. The Morgan fingerprint density at radius 1 is 1.20 bits per heavy atom. The second-order valence-electron chi connectivity index (χ2n) is 1.31. The SMILES string of the molecule is OC(F)(F)C(F)(F)OCF. The highest BCUT2D eigenvalue weighted by molar-refractivity contribution is 4.61. The van der Waals surface area contributed by atoms with Gasteiger partial charge in [0, 0.05) is 0 Å². The van der Waals surface area contributed by atoms with Crippen molar-refractivity contribution in [3.8, 4) is 0 Å². The summed E-state index contributed by atoms with van der Waals surface area (Å²) in [5.41, 5.74) is 0. The summed E-state index contributed by atoms with van der Waals surface area (Å²) >= 11 is 0. The molecule has 10 heavy (non-hydrogen) atoms. The van der Waals surface area contributed by atoms with Crippen LogP contribution in [0.1, 0.15) is 0 Å². The molecule has 0 saturated carbocycles. The second-order valence-corrected chi connectivity index (χ2v) is 1.31. The first-order valence-corrected chi connectivity index (χ1v) is 1.99. The molecule has 0 saturated heterocycles. The Morgan fingerprint density at radius 3 is 1.70 bits per heavy atom. The molecule has 0 aliphatic rings. The molecule has 0 atom stereocenters. The van der Waals surface area contributed by atoms with Crippen molar-refractivity contribution in [2.24, 2.45) is 0 Å². The molecule has 0 aromatic carbocycles. The molecule has 0 rings (SSSR count). The van der Waals surface area contributed by atoms with Crippen LogP contribution in [0.3, 0.4) is 0 Å². The van der Waals surface area contributed by atoms with Crippen LogP contribution in [0.15, 0.2) is 0 Å². The van der Waals surface area contributed by atoms with Gasteiger partial charge in [-0.25, -0.2) is 4.39 Å². The lowest BCUT2D eigenvalue weighted by Crippen LogP contribution is -2.42. The maximum absolute atomic E-state index is 11.5. The average Bonchev–Trinajstić information content (AvgIpc) is 1.61. The zero-order chi connectivity index (χ0) is 8.41. The van der Waals surface area contributed by atoms with Crippen molar-refractivity contribution in [2.75, 3.05) is 6.86 Å². The Morgan fingerprint density at radius 2 is 1.60 bits per heavy atom. The minimum absolute atomic E-state index is 2.09. The van der Waals surface area contributed by atoms with E-state index < -0.39 is 19.1 Å². The number of alkyl halides is 5. The van der Waals surface area contributed by atoms with Gasteiger partial charge in [0.1, 0.15) is 0 Å². The molecular weight excluding hydrogens is 163 g/mol. The largest absolute Gasteiger partial charge is 0.450 e. The zero-order valence-corrected chi connectivity index (χ0v) is 4.45. The van der Waals surface area contributed by atoms with Gasteiger partial charge in [-0.1, -0.05) is 0 Å². The van der Waals surface area contributed by atoms with Gasteiger partial charge in [-0.2, -0.15) is 17.6 Å². The highest BCUT2D eigenvalue weighted by atomic mass is 19.3. The summed E-state index contributed by atoms with van der Waals surface area (Å²) in [6.07, 6.45) is -10.5. The highest BCUT2D eigenvalue weighted by Crippen LogP contribution is 2.32. The molecule has 0 aromatic rings. The van der Waals surface area contributed by atoms with Crippen LogP contribution in [0.25, 0.3) is 0 Å². The third kappa shape index (κ3) is 2.07. The van der Waals surface area contributed by atoms with Crippen molar-refractivity contribution in [1.82, 2.24) is 0 Å². The fourth-order valence-electron chi connectivity index (χ4n) is 0.155. The molecule has 0 bridgehead atoms. The van der Waals surface area contributed by atoms with E-state index in [9.17, 15) is 22.0 Å². The molecule has 0 spiro atoms. The molecular formula is C3H3F5O2. The van der Waals surface area contributed by atoms with Crippen LogP contribution in [-0.2, 0) is 4.74 Å². The van der Waals surface area contributed by atoms with E-state index in [2.05, 4.69) is 4.74 Å². The average molecular weight is 166 g/mol. The van der Waals surface area contributed by atoms with E-state index in [0.29, 0.717) is 0 Å². The summed E-state index contributed by atoms with van der Waals surface area (Å²) in [7, 11) is 0. The summed E-state index contributed by atoms with van der Waals surface area (Å²) in [5.74, 6) is 0. The molecule has 0 heterocycles. The van der Waals surface area contributed by atoms with E-state index in [1.165, 1.54) is 0 Å². The molecule has 0 amide bonds. The third-order valence-corrected chi connectivity index (χ3v) is 0.586. The predicted octanol–water partition coefficient (Wildman–Crippen LogP) is 1.11. The smallest absolute Gasteiger partial charge is 0.329 e. The maximum Gasteiger partial charge on any atom is 0.450 e. The van der Waals surface area contributed by atoms with Crippen molar-refractivity contribution < 1.29 is 31.8 Å². The summed E-state index contributed by atoms with van der Waals surface area (Å²) in [4.78, 5) is 0. The Labute approximate surface area is 52.2 Å². The topological polar surface area (TPSA) is 29.5 Å². The van der Waals surface area contributed by atoms with Crippen LogP contribution in [-0.4, -0.2) is 24.2 Å². The first kappa shape index (κ1) is 9.57. The van der Waals surface area contributed by atoms with Crippen molar-refractivity contribution in [2.45, 2.75) is 12.2 Å². The number of halogens is 5. The lowest BCUT2D eigenvalue weighted by atomic mass is 10.6. The first-order chi connectivity index (χ1) is 4.31. The van der Waals surface area contributed by atoms with Gasteiger partial charge in [0.2, 0.25) is 0 Å². The first-order valence-electron chi connectivity index (χ1n) is 1.99. The van der Waals surface area contributed by atoms with Crippen LogP contribution in [0.5, 0.6) is 0 Å². The van der Waals surface area contributed by atoms with E-state index >= 15 is 0 Å². The van der Waals surface area contributed by atoms with Crippen molar-refractivity contribution in [3.63, 3.8) is 0 Å². The fraction of sp³-hybridized carbons (Fsp3) is 1.00. The molecule has 0 aliphatic carbocycles. The van der Waals surface area contributed by atoms with Gasteiger partial charge < -0.3 is 5.11 Å². The van der Waals surface area contributed by atoms with Crippen LogP contribution < -0.4 is 0 Å². The lowest BCUT2D eigenvalue weighted by molar-refractivity contribution is -0.423. The van der Waals surface area contributed by atoms with Crippen molar-refractivity contribution in [1.29, 1.82) is 0 Å². The Kier molecular flexibility index (Phi) is 2.55. The lowest BCUT2D eigenvalue weighted by Gasteiger charge is -2.18. The second kappa shape index (κ2) is 2.67. The van der Waals surface area contributed by atoms with Gasteiger partial charge in [0.25, 0.3) is 0 Å². The zero-order valence-electron chi connectivity index (χ0n) is 4.45. The predicted molar refractivity (Wildman–Crippen MR) is 19.2 cm³/mol. The molecule has 0 aromatic heterocycles. The Hall–Kier alpha value is -0.430. The molecule has 0 aliphatic heterocycles. The molecule has 62 valence electrons. The van der Waals surface area contributed by atoms with Gasteiger partial charge in [-0.3, -0.25) is 4.74 Å². The van der Waals surface area contributed by atoms with E-state index in [1.807, 2.05) is 0 Å². The fourth-order valence-corrected chi connectivity index (χ4v) is 0.155. The Bertz CT molecular complexity index is 108. The van der Waals surface area contributed by atoms with Gasteiger partial charge >= 0.3 is 12.2 Å². The maximum atomic E-state index is 11.5. The highest BCUT2D eigenvalue weighted by Gasteiger charge is 2.57. The summed E-state index contributed by atoms with van der Waals surface area (Å²) in [6, 6.07) is 0. The van der Waals surface area contributed by atoms with Gasteiger partial charge in [-0.05, 0) is 0 Å². The van der Waals surface area contributed by atoms with Gasteiger partial charge in [0.15, 0.2) is 6.86 Å². The summed E-state index contributed by atoms with van der Waals surface area (Å²) in [6.45, 7) is -2.09. The molecule has 1 N–H and O–H groups in total. The van der Waals surface area contributed by atoms with Crippen LogP contribution in [0.2, 0.25) is 0 Å². The Balaban J connectivity index is 4.10. The minimum atomic E-state index is -5.35.